The zero-order chi connectivity index (χ0) is 11.3. The van der Waals surface area contributed by atoms with Gasteiger partial charge < -0.3 is 16.0 Å². The maximum atomic E-state index is 11.3. The fourth-order valence-electron chi connectivity index (χ4n) is 1.03. The van der Waals surface area contributed by atoms with Gasteiger partial charge in [-0.15, -0.1) is 0 Å². The molecule has 1 aromatic heterocycles. The Labute approximate surface area is 95.2 Å². The number of anilines is 1. The highest BCUT2D eigenvalue weighted by molar-refractivity contribution is 9.10. The second kappa shape index (κ2) is 5.67. The number of hydrogen-bond acceptors (Lipinski definition) is 3. The van der Waals surface area contributed by atoms with Crippen molar-refractivity contribution in [2.75, 3.05) is 11.9 Å². The first-order valence-electron chi connectivity index (χ1n) is 4.51. The highest BCUT2D eigenvalue weighted by atomic mass is 79.9. The Morgan fingerprint density at radius 3 is 3.00 bits per heavy atom. The van der Waals surface area contributed by atoms with E-state index < -0.39 is 0 Å². The number of aromatic amines is 1. The SMILES string of the molecule is NCCCC(=O)Nc1cc(Br)c[nH]c1=O. The number of halogens is 1. The van der Waals surface area contributed by atoms with Gasteiger partial charge in [0, 0.05) is 17.1 Å². The van der Waals surface area contributed by atoms with Crippen LogP contribution in [-0.4, -0.2) is 17.4 Å². The van der Waals surface area contributed by atoms with Crippen molar-refractivity contribution in [3.05, 3.63) is 27.1 Å². The van der Waals surface area contributed by atoms with E-state index in [0.717, 1.165) is 0 Å². The molecule has 0 aliphatic carbocycles. The predicted molar refractivity (Wildman–Crippen MR) is 61.7 cm³/mol. The molecule has 0 aliphatic rings. The lowest BCUT2D eigenvalue weighted by molar-refractivity contribution is -0.116. The lowest BCUT2D eigenvalue weighted by Crippen LogP contribution is -2.20. The highest BCUT2D eigenvalue weighted by Crippen LogP contribution is 2.10. The van der Waals surface area contributed by atoms with Gasteiger partial charge in [0.25, 0.3) is 5.56 Å². The molecular weight excluding hydrogens is 262 g/mol. The van der Waals surface area contributed by atoms with E-state index in [-0.39, 0.29) is 17.2 Å². The molecule has 5 nitrogen and oxygen atoms in total. The van der Waals surface area contributed by atoms with E-state index in [1.54, 1.807) is 6.07 Å². The first-order chi connectivity index (χ1) is 7.13. The normalized spacial score (nSPS) is 10.0. The first kappa shape index (κ1) is 11.9. The van der Waals surface area contributed by atoms with E-state index >= 15 is 0 Å². The van der Waals surface area contributed by atoms with Crippen molar-refractivity contribution in [1.82, 2.24) is 4.98 Å². The van der Waals surface area contributed by atoms with Crippen molar-refractivity contribution in [2.24, 2.45) is 5.73 Å². The van der Waals surface area contributed by atoms with E-state index in [4.69, 9.17) is 5.73 Å². The summed E-state index contributed by atoms with van der Waals surface area (Å²) in [5.41, 5.74) is 5.19. The molecule has 0 saturated heterocycles. The second-order valence-electron chi connectivity index (χ2n) is 3.00. The van der Waals surface area contributed by atoms with Gasteiger partial charge in [0.1, 0.15) is 5.69 Å². The number of nitrogens with two attached hydrogens (primary N) is 1. The van der Waals surface area contributed by atoms with E-state index in [0.29, 0.717) is 23.9 Å². The van der Waals surface area contributed by atoms with Crippen LogP contribution in [0.25, 0.3) is 0 Å². The Bertz CT molecular complexity index is 403. The van der Waals surface area contributed by atoms with E-state index in [9.17, 15) is 9.59 Å². The number of hydrogen-bond donors (Lipinski definition) is 3. The first-order valence-corrected chi connectivity index (χ1v) is 5.31. The Kier molecular flexibility index (Phi) is 4.51. The summed E-state index contributed by atoms with van der Waals surface area (Å²) >= 11 is 3.20. The molecule has 0 aromatic carbocycles. The smallest absolute Gasteiger partial charge is 0.271 e. The molecule has 0 bridgehead atoms. The Morgan fingerprint density at radius 2 is 2.33 bits per heavy atom. The Hall–Kier alpha value is -1.14. The average Bonchev–Trinajstić information content (AvgIpc) is 2.20. The summed E-state index contributed by atoms with van der Waals surface area (Å²) in [5.74, 6) is -0.205. The second-order valence-corrected chi connectivity index (χ2v) is 3.92. The van der Waals surface area contributed by atoms with Gasteiger partial charge >= 0.3 is 0 Å². The summed E-state index contributed by atoms with van der Waals surface area (Å²) < 4.78 is 0.705. The van der Waals surface area contributed by atoms with Gasteiger partial charge in [-0.05, 0) is 35.0 Å². The zero-order valence-corrected chi connectivity index (χ0v) is 9.63. The standard InChI is InChI=1S/C9H12BrN3O2/c10-6-4-7(9(15)12-5-6)13-8(14)2-1-3-11/h4-5H,1-3,11H2,(H,12,15)(H,13,14). The van der Waals surface area contributed by atoms with Crippen LogP contribution in [0.3, 0.4) is 0 Å². The molecule has 1 amide bonds. The maximum absolute atomic E-state index is 11.3. The van der Waals surface area contributed by atoms with Crippen LogP contribution in [-0.2, 0) is 4.79 Å². The molecule has 1 aromatic rings. The van der Waals surface area contributed by atoms with Crippen molar-refractivity contribution in [2.45, 2.75) is 12.8 Å². The minimum absolute atomic E-state index is 0.205. The molecule has 0 fully saturated rings. The lowest BCUT2D eigenvalue weighted by atomic mass is 10.3. The minimum Gasteiger partial charge on any atom is -0.330 e. The molecule has 15 heavy (non-hydrogen) atoms. The van der Waals surface area contributed by atoms with Crippen LogP contribution < -0.4 is 16.6 Å². The number of amides is 1. The molecular formula is C9H12BrN3O2. The van der Waals surface area contributed by atoms with Gasteiger partial charge in [-0.1, -0.05) is 0 Å². The summed E-state index contributed by atoms with van der Waals surface area (Å²) in [6, 6.07) is 1.55. The fraction of sp³-hybridized carbons (Fsp3) is 0.333. The van der Waals surface area contributed by atoms with Gasteiger partial charge in [-0.2, -0.15) is 0 Å². The van der Waals surface area contributed by atoms with E-state index in [1.807, 2.05) is 0 Å². The van der Waals surface area contributed by atoms with Crippen molar-refractivity contribution in [1.29, 1.82) is 0 Å². The molecule has 0 unspecified atom stereocenters. The number of H-pyrrole nitrogens is 1. The number of aromatic nitrogens is 1. The van der Waals surface area contributed by atoms with Crippen LogP contribution in [0.2, 0.25) is 0 Å². The van der Waals surface area contributed by atoms with Gasteiger partial charge in [0.15, 0.2) is 0 Å². The molecule has 0 spiro atoms. The average molecular weight is 274 g/mol. The highest BCUT2D eigenvalue weighted by Gasteiger charge is 2.05. The summed E-state index contributed by atoms with van der Waals surface area (Å²) in [7, 11) is 0. The molecule has 4 N–H and O–H groups in total. The summed E-state index contributed by atoms with van der Waals surface area (Å²) in [4.78, 5) is 25.1. The number of carbonyl (C=O) groups excluding carboxylic acids is 1. The van der Waals surface area contributed by atoms with Gasteiger partial charge in [0.2, 0.25) is 5.91 Å². The Morgan fingerprint density at radius 1 is 1.60 bits per heavy atom. The predicted octanol–water partition coefficient (Wildman–Crippen LogP) is 0.815. The van der Waals surface area contributed by atoms with Gasteiger partial charge in [-0.3, -0.25) is 9.59 Å². The van der Waals surface area contributed by atoms with E-state index in [2.05, 4.69) is 26.2 Å². The number of carbonyl (C=O) groups is 1. The van der Waals surface area contributed by atoms with Crippen LogP contribution in [0.5, 0.6) is 0 Å². The third kappa shape index (κ3) is 3.85. The minimum atomic E-state index is -0.320. The maximum Gasteiger partial charge on any atom is 0.271 e. The van der Waals surface area contributed by atoms with Crippen molar-refractivity contribution in [3.8, 4) is 0 Å². The molecule has 0 radical (unpaired) electrons. The van der Waals surface area contributed by atoms with E-state index in [1.165, 1.54) is 6.20 Å². The lowest BCUT2D eigenvalue weighted by Gasteiger charge is -2.03. The number of nitrogens with one attached hydrogen (secondary N) is 2. The van der Waals surface area contributed by atoms with Crippen molar-refractivity contribution < 1.29 is 4.79 Å². The quantitative estimate of drug-likeness (QED) is 0.759. The van der Waals surface area contributed by atoms with Crippen LogP contribution in [0.15, 0.2) is 21.5 Å². The number of pyridine rings is 1. The van der Waals surface area contributed by atoms with Crippen LogP contribution in [0.1, 0.15) is 12.8 Å². The molecule has 0 saturated carbocycles. The molecule has 1 rings (SSSR count). The third-order valence-corrected chi connectivity index (χ3v) is 2.21. The fourth-order valence-corrected chi connectivity index (χ4v) is 1.37. The largest absolute Gasteiger partial charge is 0.330 e. The summed E-state index contributed by atoms with van der Waals surface area (Å²) in [6.45, 7) is 0.461. The van der Waals surface area contributed by atoms with Gasteiger partial charge in [0.05, 0.1) is 0 Å². The topological polar surface area (TPSA) is 88.0 Å². The van der Waals surface area contributed by atoms with Crippen LogP contribution in [0, 0.1) is 0 Å². The molecule has 1 heterocycles. The molecule has 0 aliphatic heterocycles. The Balaban J connectivity index is 2.68. The van der Waals surface area contributed by atoms with Crippen molar-refractivity contribution in [3.63, 3.8) is 0 Å². The third-order valence-electron chi connectivity index (χ3n) is 1.75. The molecule has 82 valence electrons. The van der Waals surface area contributed by atoms with Gasteiger partial charge in [-0.25, -0.2) is 0 Å². The zero-order valence-electron chi connectivity index (χ0n) is 8.05. The van der Waals surface area contributed by atoms with Crippen LogP contribution in [0.4, 0.5) is 5.69 Å². The van der Waals surface area contributed by atoms with Crippen LogP contribution >= 0.6 is 15.9 Å². The number of rotatable bonds is 4. The monoisotopic (exact) mass is 273 g/mol. The summed E-state index contributed by atoms with van der Waals surface area (Å²) in [5, 5.41) is 2.52. The molecule has 6 heteroatoms. The van der Waals surface area contributed by atoms with Crippen molar-refractivity contribution >= 4 is 27.5 Å². The summed E-state index contributed by atoms with van der Waals surface area (Å²) in [6.07, 6.45) is 2.44. The molecule has 0 atom stereocenters.